The van der Waals surface area contributed by atoms with Gasteiger partial charge >= 0.3 is 18.0 Å². The quantitative estimate of drug-likeness (QED) is 0.294. The summed E-state index contributed by atoms with van der Waals surface area (Å²) in [4.78, 5) is 35.1. The zero-order valence-corrected chi connectivity index (χ0v) is 16.5. The number of rotatable bonds is 6. The molecular weight excluding hydrogens is 457 g/mol. The maximum absolute atomic E-state index is 13.3. The summed E-state index contributed by atoms with van der Waals surface area (Å²) in [5.41, 5.74) is -1.66. The molecule has 0 bridgehead atoms. The second kappa shape index (κ2) is 9.10. The molecule has 12 heteroatoms. The maximum atomic E-state index is 13.3. The van der Waals surface area contributed by atoms with Gasteiger partial charge < -0.3 is 14.5 Å². The van der Waals surface area contributed by atoms with Crippen molar-refractivity contribution in [1.29, 1.82) is 0 Å². The second-order valence-corrected chi connectivity index (χ2v) is 6.70. The molecule has 32 heavy (non-hydrogen) atoms. The van der Waals surface area contributed by atoms with Crippen LogP contribution in [0, 0.1) is 10.1 Å². The van der Waals surface area contributed by atoms with Crippen molar-refractivity contribution < 1.29 is 36.8 Å². The van der Waals surface area contributed by atoms with Crippen molar-refractivity contribution in [3.63, 3.8) is 0 Å². The third kappa shape index (κ3) is 5.24. The van der Waals surface area contributed by atoms with Gasteiger partial charge in [0, 0.05) is 10.6 Å². The fourth-order valence-corrected chi connectivity index (χ4v) is 2.83. The van der Waals surface area contributed by atoms with E-state index in [1.807, 2.05) is 0 Å². The molecule has 8 nitrogen and oxygen atoms in total. The van der Waals surface area contributed by atoms with Gasteiger partial charge in [0.15, 0.2) is 0 Å². The highest BCUT2D eigenvalue weighted by Crippen LogP contribution is 2.37. The van der Waals surface area contributed by atoms with E-state index in [1.54, 1.807) is 6.07 Å². The SMILES string of the molecule is O=C(OC(C(=O)Nc1ccc(Cl)cc1C(F)(F)F)c1ccccc1)c1ccc([N+](=O)[O-])o1. The van der Waals surface area contributed by atoms with Crippen molar-refractivity contribution in [2.75, 3.05) is 5.32 Å². The summed E-state index contributed by atoms with van der Waals surface area (Å²) in [6.45, 7) is 0. The van der Waals surface area contributed by atoms with Crippen LogP contribution in [-0.2, 0) is 15.7 Å². The van der Waals surface area contributed by atoms with Gasteiger partial charge in [0.25, 0.3) is 5.91 Å². The Hall–Kier alpha value is -3.86. The third-order valence-corrected chi connectivity index (χ3v) is 4.32. The molecule has 2 aromatic carbocycles. The number of hydrogen-bond donors (Lipinski definition) is 1. The number of benzene rings is 2. The van der Waals surface area contributed by atoms with Gasteiger partial charge in [0.1, 0.15) is 4.92 Å². The normalized spacial score (nSPS) is 12.1. The van der Waals surface area contributed by atoms with E-state index in [0.29, 0.717) is 6.07 Å². The Bertz CT molecular complexity index is 1160. The van der Waals surface area contributed by atoms with Crippen LogP contribution in [0.1, 0.15) is 27.8 Å². The topological polar surface area (TPSA) is 112 Å². The van der Waals surface area contributed by atoms with Crippen LogP contribution in [0.5, 0.6) is 0 Å². The first kappa shape index (κ1) is 22.8. The predicted molar refractivity (Wildman–Crippen MR) is 105 cm³/mol. The largest absolute Gasteiger partial charge is 0.441 e. The van der Waals surface area contributed by atoms with Crippen LogP contribution >= 0.6 is 11.6 Å². The van der Waals surface area contributed by atoms with E-state index in [-0.39, 0.29) is 10.6 Å². The van der Waals surface area contributed by atoms with Gasteiger partial charge in [-0.3, -0.25) is 14.9 Å². The average molecular weight is 469 g/mol. The second-order valence-electron chi connectivity index (χ2n) is 6.27. The number of nitro groups is 1. The molecule has 0 spiro atoms. The Kier molecular flexibility index (Phi) is 6.49. The lowest BCUT2D eigenvalue weighted by Gasteiger charge is -2.19. The molecule has 3 rings (SSSR count). The van der Waals surface area contributed by atoms with Gasteiger partial charge in [-0.15, -0.1) is 0 Å². The summed E-state index contributed by atoms with van der Waals surface area (Å²) >= 11 is 5.64. The number of furan rings is 1. The minimum atomic E-state index is -4.82. The highest BCUT2D eigenvalue weighted by atomic mass is 35.5. The van der Waals surface area contributed by atoms with Crippen molar-refractivity contribution in [3.05, 3.63) is 92.7 Å². The fraction of sp³-hybridized carbons (Fsp3) is 0.100. The van der Waals surface area contributed by atoms with Crippen molar-refractivity contribution in [1.82, 2.24) is 0 Å². The third-order valence-electron chi connectivity index (χ3n) is 4.08. The summed E-state index contributed by atoms with van der Waals surface area (Å²) in [5, 5.41) is 12.6. The molecule has 1 amide bonds. The predicted octanol–water partition coefficient (Wildman–Crippen LogP) is 5.40. The Morgan fingerprint density at radius 2 is 1.78 bits per heavy atom. The molecule has 1 heterocycles. The fourth-order valence-electron chi connectivity index (χ4n) is 2.66. The standard InChI is InChI=1S/C20H12ClF3N2O6/c21-12-6-7-14(13(10-12)20(22,23)24)25-18(27)17(11-4-2-1-3-5-11)32-19(28)15-8-9-16(31-15)26(29)30/h1-10,17H,(H,25,27). The number of anilines is 1. The first-order valence-corrected chi connectivity index (χ1v) is 9.12. The number of nitrogens with one attached hydrogen (secondary N) is 1. The van der Waals surface area contributed by atoms with E-state index in [9.17, 15) is 32.9 Å². The van der Waals surface area contributed by atoms with Crippen LogP contribution in [0.3, 0.4) is 0 Å². The molecule has 0 aliphatic heterocycles. The zero-order chi connectivity index (χ0) is 23.5. The van der Waals surface area contributed by atoms with Crippen LogP contribution in [0.2, 0.25) is 5.02 Å². The molecule has 0 radical (unpaired) electrons. The molecule has 1 unspecified atom stereocenters. The number of carbonyl (C=O) groups excluding carboxylic acids is 2. The molecule has 0 aliphatic rings. The number of ether oxygens (including phenoxy) is 1. The highest BCUT2D eigenvalue weighted by Gasteiger charge is 2.35. The average Bonchev–Trinajstić information content (AvgIpc) is 3.24. The van der Waals surface area contributed by atoms with Gasteiger partial charge in [0.05, 0.1) is 17.3 Å². The molecule has 1 atom stereocenters. The lowest BCUT2D eigenvalue weighted by Crippen LogP contribution is -2.27. The van der Waals surface area contributed by atoms with E-state index in [2.05, 4.69) is 5.32 Å². The first-order chi connectivity index (χ1) is 15.1. The zero-order valence-electron chi connectivity index (χ0n) is 15.8. The monoisotopic (exact) mass is 468 g/mol. The van der Waals surface area contributed by atoms with Crippen LogP contribution in [0.25, 0.3) is 0 Å². The Balaban J connectivity index is 1.91. The number of alkyl halides is 3. The van der Waals surface area contributed by atoms with Gasteiger partial charge in [0.2, 0.25) is 11.9 Å². The summed E-state index contributed by atoms with van der Waals surface area (Å²) in [6.07, 6.45) is -6.51. The molecule has 0 aliphatic carbocycles. The van der Waals surface area contributed by atoms with E-state index in [0.717, 1.165) is 24.3 Å². The lowest BCUT2D eigenvalue weighted by molar-refractivity contribution is -0.402. The van der Waals surface area contributed by atoms with Crippen molar-refractivity contribution >= 4 is 35.0 Å². The van der Waals surface area contributed by atoms with Crippen LogP contribution in [-0.4, -0.2) is 16.8 Å². The molecule has 0 saturated carbocycles. The van der Waals surface area contributed by atoms with Crippen LogP contribution < -0.4 is 5.32 Å². The summed E-state index contributed by atoms with van der Waals surface area (Å²) in [6, 6.07) is 12.1. The minimum Gasteiger partial charge on any atom is -0.441 e. The number of hydrogen-bond acceptors (Lipinski definition) is 6. The number of halogens is 4. The number of nitrogens with zero attached hydrogens (tertiary/aromatic N) is 1. The van der Waals surface area contributed by atoms with Gasteiger partial charge in [-0.1, -0.05) is 41.9 Å². The van der Waals surface area contributed by atoms with Crippen molar-refractivity contribution in [2.24, 2.45) is 0 Å². The van der Waals surface area contributed by atoms with Crippen LogP contribution in [0.4, 0.5) is 24.7 Å². The summed E-state index contributed by atoms with van der Waals surface area (Å²) < 4.78 is 49.9. The van der Waals surface area contributed by atoms with Crippen LogP contribution in [0.15, 0.2) is 65.1 Å². The Morgan fingerprint density at radius 3 is 2.38 bits per heavy atom. The van der Waals surface area contributed by atoms with Gasteiger partial charge in [-0.05, 0) is 24.3 Å². The molecule has 1 N–H and O–H groups in total. The first-order valence-electron chi connectivity index (χ1n) is 8.74. The number of esters is 1. The molecule has 1 aromatic heterocycles. The summed E-state index contributed by atoms with van der Waals surface area (Å²) in [7, 11) is 0. The Morgan fingerprint density at radius 1 is 1.09 bits per heavy atom. The number of carbonyl (C=O) groups is 2. The lowest BCUT2D eigenvalue weighted by atomic mass is 10.1. The molecular formula is C20H12ClF3N2O6. The number of amides is 1. The molecule has 0 fully saturated rings. The summed E-state index contributed by atoms with van der Waals surface area (Å²) in [5.74, 6) is -3.62. The molecule has 0 saturated heterocycles. The minimum absolute atomic E-state index is 0.141. The smallest absolute Gasteiger partial charge is 0.433 e. The molecule has 3 aromatic rings. The molecule has 166 valence electrons. The van der Waals surface area contributed by atoms with E-state index >= 15 is 0 Å². The van der Waals surface area contributed by atoms with Gasteiger partial charge in [-0.2, -0.15) is 13.2 Å². The van der Waals surface area contributed by atoms with E-state index in [4.69, 9.17) is 20.8 Å². The van der Waals surface area contributed by atoms with Gasteiger partial charge in [-0.25, -0.2) is 4.79 Å². The van der Waals surface area contributed by atoms with E-state index < -0.39 is 52.0 Å². The van der Waals surface area contributed by atoms with Crippen molar-refractivity contribution in [3.8, 4) is 0 Å². The van der Waals surface area contributed by atoms with E-state index in [1.165, 1.54) is 24.3 Å². The highest BCUT2D eigenvalue weighted by molar-refractivity contribution is 6.30. The Labute approximate surface area is 182 Å². The maximum Gasteiger partial charge on any atom is 0.433 e. The van der Waals surface area contributed by atoms with Crippen molar-refractivity contribution in [2.45, 2.75) is 12.3 Å².